The van der Waals surface area contributed by atoms with Gasteiger partial charge in [-0.1, -0.05) is 99.3 Å². The van der Waals surface area contributed by atoms with Crippen molar-refractivity contribution in [1.29, 1.82) is 0 Å². The first-order valence-electron chi connectivity index (χ1n) is 25.1. The molecule has 13 rings (SSSR count). The molecule has 0 atom stereocenters. The second-order valence-electron chi connectivity index (χ2n) is 19.9. The van der Waals surface area contributed by atoms with Crippen molar-refractivity contribution in [2.75, 3.05) is 0 Å². The number of aromatic nitrogens is 4. The van der Waals surface area contributed by atoms with E-state index < -0.39 is 25.1 Å². The average Bonchev–Trinajstić information content (AvgIpc) is 4.14. The fourth-order valence-electron chi connectivity index (χ4n) is 9.87. The van der Waals surface area contributed by atoms with E-state index in [2.05, 4.69) is 111 Å². The van der Waals surface area contributed by atoms with E-state index in [1.807, 2.05) is 126 Å². The van der Waals surface area contributed by atoms with Crippen molar-refractivity contribution in [3.63, 3.8) is 0 Å². The van der Waals surface area contributed by atoms with Crippen LogP contribution in [0.25, 0.3) is 116 Å². The third kappa shape index (κ3) is 8.16. The normalized spacial score (nSPS) is 12.7. The van der Waals surface area contributed by atoms with E-state index >= 15 is 0 Å². The van der Waals surface area contributed by atoms with Crippen LogP contribution >= 0.6 is 0 Å². The molecule has 357 valence electrons. The standard InChI is InChI=1S/C43H33N2O2.C20H19GeN2O.Ir/c1-25(2)32-21-28(27-13-6-5-7-14-27)22-33(26(3)4)41(32)45-37-19-10-9-18-36(37)44-43(45)31-17-12-16-30-35-24-39-34(23-40(35)47-42(30)31)29-15-8-11-20-38(29)46-39;1-13-8-10-16-15-6-5-7-17(19(15)24-20(16)23-13)18-11-9-14(12-22-18)21(2,3)4;/h5-16,18-26H,1-4H3;5-6,8-12H,1-4H3;/q2*-1;/i25D,26D;;. The molecular formula is C63H52GeIrN4O3-2. The van der Waals surface area contributed by atoms with Crippen LogP contribution in [0.4, 0.5) is 0 Å². The van der Waals surface area contributed by atoms with Crippen LogP contribution in [0.1, 0.15) is 59.0 Å². The summed E-state index contributed by atoms with van der Waals surface area (Å²) in [5, 5.41) is 6.03. The molecular weight excluding hydrogens is 1130 g/mol. The number of para-hydroxylation sites is 3. The predicted octanol–water partition coefficient (Wildman–Crippen LogP) is 16.9. The average molecular weight is 1180 g/mol. The quantitative estimate of drug-likeness (QED) is 0.117. The number of hydrogen-bond donors (Lipinski definition) is 0. The first-order valence-corrected chi connectivity index (χ1v) is 31.4. The first kappa shape index (κ1) is 44.8. The van der Waals surface area contributed by atoms with Crippen LogP contribution in [0.5, 0.6) is 0 Å². The molecule has 0 amide bonds. The molecule has 9 heteroatoms. The topological polar surface area (TPSA) is 83.0 Å². The summed E-state index contributed by atoms with van der Waals surface area (Å²) in [5.41, 5.74) is 14.1. The van der Waals surface area contributed by atoms with Gasteiger partial charge in [0.25, 0.3) is 0 Å². The SMILES string of the molecule is Cc1ccc2c(n1)oc1c(-c3cc[c]([Ge]([CH3])([CH3])[CH3])cn3)[c-]ccc12.[2H]C(C)(C)c1cc(-c2ccccc2)cc(C([2H])(C)C)c1-n1c(-c2[c-]ccc3c2oc2cc4c(cc23)oc2ccccc24)nc2ccccc21.[Ir]. The maximum Gasteiger partial charge on any atom is 0.136 e. The van der Waals surface area contributed by atoms with E-state index in [1.54, 1.807) is 0 Å². The van der Waals surface area contributed by atoms with Gasteiger partial charge in [-0.05, 0) is 76.5 Å². The second-order valence-corrected chi connectivity index (χ2v) is 30.5. The summed E-state index contributed by atoms with van der Waals surface area (Å²) in [6.07, 6.45) is 2.02. The number of aryl methyl sites for hydroxylation is 1. The molecule has 72 heavy (non-hydrogen) atoms. The molecule has 13 aromatic rings. The first-order chi connectivity index (χ1) is 35.0. The number of imidazole rings is 1. The molecule has 1 radical (unpaired) electrons. The van der Waals surface area contributed by atoms with Crippen molar-refractivity contribution in [2.24, 2.45) is 0 Å². The van der Waals surface area contributed by atoms with Crippen molar-refractivity contribution in [3.05, 3.63) is 187 Å². The Bertz CT molecular complexity index is 4250. The number of fused-ring (bicyclic) bond motifs is 10. The molecule has 0 saturated heterocycles. The van der Waals surface area contributed by atoms with Gasteiger partial charge in [-0.15, -0.1) is 18.2 Å². The van der Waals surface area contributed by atoms with Crippen LogP contribution in [0.2, 0.25) is 17.3 Å². The number of furan rings is 3. The molecule has 0 bridgehead atoms. The van der Waals surface area contributed by atoms with Crippen LogP contribution in [0.15, 0.2) is 171 Å². The molecule has 6 heterocycles. The van der Waals surface area contributed by atoms with E-state index in [0.29, 0.717) is 22.7 Å². The third-order valence-electron chi connectivity index (χ3n) is 13.6. The Kier molecular flexibility index (Phi) is 11.5. The van der Waals surface area contributed by atoms with E-state index in [-0.39, 0.29) is 20.1 Å². The summed E-state index contributed by atoms with van der Waals surface area (Å²) in [5.74, 6) is 5.75. The van der Waals surface area contributed by atoms with Gasteiger partial charge in [0.2, 0.25) is 0 Å². The van der Waals surface area contributed by atoms with Crippen molar-refractivity contribution in [3.8, 4) is 39.5 Å². The third-order valence-corrected chi connectivity index (χ3v) is 17.8. The Morgan fingerprint density at radius 2 is 1.21 bits per heavy atom. The maximum absolute atomic E-state index is 9.45. The van der Waals surface area contributed by atoms with Gasteiger partial charge < -0.3 is 13.4 Å². The minimum Gasteiger partial charge on any atom is -0.501 e. The van der Waals surface area contributed by atoms with Gasteiger partial charge in [0.15, 0.2) is 0 Å². The van der Waals surface area contributed by atoms with Gasteiger partial charge in [0, 0.05) is 44.7 Å². The molecule has 0 saturated carbocycles. The minimum atomic E-state index is -1.85. The smallest absolute Gasteiger partial charge is 0.136 e. The molecule has 7 nitrogen and oxygen atoms in total. The Morgan fingerprint density at radius 3 is 1.92 bits per heavy atom. The molecule has 7 aromatic carbocycles. The van der Waals surface area contributed by atoms with Crippen LogP contribution in [-0.4, -0.2) is 32.8 Å². The van der Waals surface area contributed by atoms with Crippen LogP contribution in [-0.2, 0) is 20.1 Å². The van der Waals surface area contributed by atoms with E-state index in [4.69, 9.17) is 18.2 Å². The zero-order valence-corrected chi connectivity index (χ0v) is 45.9. The predicted molar refractivity (Wildman–Crippen MR) is 295 cm³/mol. The monoisotopic (exact) mass is 1180 g/mol. The summed E-state index contributed by atoms with van der Waals surface area (Å²) < 4.78 is 41.4. The Morgan fingerprint density at radius 1 is 0.569 bits per heavy atom. The Labute approximate surface area is 437 Å². The molecule has 0 spiro atoms. The number of benzene rings is 7. The summed E-state index contributed by atoms with van der Waals surface area (Å²) in [6, 6.07) is 57.7. The van der Waals surface area contributed by atoms with Crippen LogP contribution < -0.4 is 4.40 Å². The van der Waals surface area contributed by atoms with Crippen molar-refractivity contribution in [1.82, 2.24) is 19.5 Å². The molecule has 0 unspecified atom stereocenters. The second kappa shape index (κ2) is 18.5. The number of nitrogens with zero attached hydrogens (tertiary/aromatic N) is 4. The zero-order valence-electron chi connectivity index (χ0n) is 43.4. The van der Waals surface area contributed by atoms with Gasteiger partial charge in [-0.3, -0.25) is 4.98 Å². The van der Waals surface area contributed by atoms with Gasteiger partial charge in [-0.2, -0.15) is 0 Å². The van der Waals surface area contributed by atoms with E-state index in [0.717, 1.165) is 111 Å². The molecule has 0 aliphatic rings. The van der Waals surface area contributed by atoms with Gasteiger partial charge in [0.05, 0.1) is 22.4 Å². The fraction of sp³-hybridized carbons (Fsp3) is 0.159. The van der Waals surface area contributed by atoms with E-state index in [9.17, 15) is 2.74 Å². The van der Waals surface area contributed by atoms with Gasteiger partial charge >= 0.3 is 144 Å². The van der Waals surface area contributed by atoms with Crippen molar-refractivity contribution < 1.29 is 36.1 Å². The van der Waals surface area contributed by atoms with Crippen molar-refractivity contribution in [2.45, 2.75) is 63.7 Å². The molecule has 0 N–H and O–H groups in total. The maximum atomic E-state index is 9.45. The number of pyridine rings is 2. The summed E-state index contributed by atoms with van der Waals surface area (Å²) in [7, 11) is 0. The molecule has 0 aliphatic heterocycles. The number of rotatable bonds is 7. The Balaban J connectivity index is 0.000000197. The van der Waals surface area contributed by atoms with Crippen LogP contribution in [0, 0.1) is 19.1 Å². The van der Waals surface area contributed by atoms with Crippen molar-refractivity contribution >= 4 is 94.6 Å². The molecule has 0 aliphatic carbocycles. The molecule has 0 fully saturated rings. The zero-order chi connectivity index (χ0) is 50.6. The fourth-order valence-corrected chi connectivity index (χ4v) is 12.0. The largest absolute Gasteiger partial charge is 0.501 e. The Hall–Kier alpha value is -7.10. The summed E-state index contributed by atoms with van der Waals surface area (Å²) in [6.45, 7) is 9.60. The number of hydrogen-bond acceptors (Lipinski definition) is 6. The molecule has 6 aromatic heterocycles. The summed E-state index contributed by atoms with van der Waals surface area (Å²) in [4.78, 5) is 14.4. The summed E-state index contributed by atoms with van der Waals surface area (Å²) >= 11 is -1.85. The van der Waals surface area contributed by atoms with Gasteiger partial charge in [-0.25, -0.2) is 0 Å². The minimum absolute atomic E-state index is 0. The van der Waals surface area contributed by atoms with E-state index in [1.165, 1.54) is 4.40 Å². The van der Waals surface area contributed by atoms with Crippen LogP contribution in [0.3, 0.4) is 0 Å². The van der Waals surface area contributed by atoms with Gasteiger partial charge in [0.1, 0.15) is 16.7 Å².